The number of carbonyl (C=O) groups is 2. The number of hydrogen-bond acceptors (Lipinski definition) is 4. The maximum atomic E-state index is 12.2. The van der Waals surface area contributed by atoms with Gasteiger partial charge in [0.15, 0.2) is 0 Å². The number of Topliss-reactive ketones (excluding diaryl/α,β-unsaturated/α-hetero) is 1. The fourth-order valence-corrected chi connectivity index (χ4v) is 3.53. The molecule has 0 aromatic heterocycles. The molecule has 0 saturated heterocycles. The van der Waals surface area contributed by atoms with Crippen molar-refractivity contribution in [1.82, 2.24) is 0 Å². The van der Waals surface area contributed by atoms with Gasteiger partial charge in [0, 0.05) is 24.7 Å². The van der Waals surface area contributed by atoms with Crippen molar-refractivity contribution < 1.29 is 24.9 Å². The molecular formula is C22H36O5. The van der Waals surface area contributed by atoms with Crippen LogP contribution >= 0.6 is 0 Å². The predicted octanol–water partition coefficient (Wildman–Crippen LogP) is 3.89. The summed E-state index contributed by atoms with van der Waals surface area (Å²) in [5.41, 5.74) is -0.236. The van der Waals surface area contributed by atoms with Crippen LogP contribution in [0.5, 0.6) is 0 Å². The molecule has 0 aromatic rings. The predicted molar refractivity (Wildman–Crippen MR) is 106 cm³/mol. The molecule has 0 aliphatic heterocycles. The highest BCUT2D eigenvalue weighted by Crippen LogP contribution is 2.35. The Morgan fingerprint density at radius 3 is 2.63 bits per heavy atom. The van der Waals surface area contributed by atoms with Gasteiger partial charge in [-0.3, -0.25) is 9.59 Å². The van der Waals surface area contributed by atoms with E-state index in [1.165, 1.54) is 0 Å². The van der Waals surface area contributed by atoms with Crippen molar-refractivity contribution >= 4 is 11.8 Å². The molecule has 0 spiro atoms. The van der Waals surface area contributed by atoms with Crippen LogP contribution in [0.25, 0.3) is 0 Å². The van der Waals surface area contributed by atoms with E-state index in [0.29, 0.717) is 19.3 Å². The van der Waals surface area contributed by atoms with Gasteiger partial charge in [-0.05, 0) is 31.1 Å². The van der Waals surface area contributed by atoms with Gasteiger partial charge in [-0.15, -0.1) is 0 Å². The molecule has 1 aliphatic carbocycles. The molecule has 1 saturated carbocycles. The van der Waals surface area contributed by atoms with Gasteiger partial charge in [0.2, 0.25) is 0 Å². The molecule has 0 radical (unpaired) electrons. The molecule has 1 fully saturated rings. The van der Waals surface area contributed by atoms with Crippen molar-refractivity contribution in [1.29, 1.82) is 0 Å². The molecule has 27 heavy (non-hydrogen) atoms. The summed E-state index contributed by atoms with van der Waals surface area (Å²) in [7, 11) is 0. The van der Waals surface area contributed by atoms with Gasteiger partial charge in [-0.1, -0.05) is 57.9 Å². The maximum absolute atomic E-state index is 12.2. The number of aliphatic hydroxyl groups excluding tert-OH is 2. The molecule has 5 heteroatoms. The van der Waals surface area contributed by atoms with E-state index in [0.717, 1.165) is 19.3 Å². The summed E-state index contributed by atoms with van der Waals surface area (Å²) in [6, 6.07) is 0. The molecule has 0 aromatic carbocycles. The monoisotopic (exact) mass is 380 g/mol. The van der Waals surface area contributed by atoms with Gasteiger partial charge in [-0.2, -0.15) is 0 Å². The smallest absolute Gasteiger partial charge is 0.303 e. The zero-order chi connectivity index (χ0) is 20.4. The van der Waals surface area contributed by atoms with Crippen molar-refractivity contribution in [3.63, 3.8) is 0 Å². The van der Waals surface area contributed by atoms with Gasteiger partial charge in [-0.25, -0.2) is 0 Å². The Morgan fingerprint density at radius 2 is 2.00 bits per heavy atom. The van der Waals surface area contributed by atoms with E-state index in [9.17, 15) is 19.8 Å². The van der Waals surface area contributed by atoms with Crippen molar-refractivity contribution in [3.05, 3.63) is 24.3 Å². The molecule has 3 unspecified atom stereocenters. The average Bonchev–Trinajstić information content (AvgIpc) is 2.86. The number of aliphatic carboxylic acids is 1. The van der Waals surface area contributed by atoms with E-state index < -0.39 is 18.2 Å². The Hall–Kier alpha value is -1.46. The van der Waals surface area contributed by atoms with Crippen LogP contribution in [0.15, 0.2) is 24.3 Å². The van der Waals surface area contributed by atoms with Crippen molar-refractivity contribution in [2.24, 2.45) is 17.3 Å². The number of carbonyl (C=O) groups excluding carboxylic acids is 1. The SMILES string of the molecule is CCCCC(C)(C)C(O)/C=C/[C@H]1C(O)CC(=O)C1C/C=C\CCCC(=O)O. The van der Waals surface area contributed by atoms with Crippen LogP contribution in [0.2, 0.25) is 0 Å². The van der Waals surface area contributed by atoms with Gasteiger partial charge in [0.25, 0.3) is 0 Å². The molecule has 4 atom stereocenters. The summed E-state index contributed by atoms with van der Waals surface area (Å²) >= 11 is 0. The quantitative estimate of drug-likeness (QED) is 0.353. The number of carboxylic acid groups (broad SMARTS) is 1. The number of rotatable bonds is 12. The Bertz CT molecular complexity index is 535. The third-order valence-electron chi connectivity index (χ3n) is 5.54. The van der Waals surface area contributed by atoms with E-state index in [1.54, 1.807) is 6.08 Å². The van der Waals surface area contributed by atoms with Gasteiger partial charge >= 0.3 is 5.97 Å². The first-order valence-electron chi connectivity index (χ1n) is 10.1. The number of aliphatic hydroxyl groups is 2. The van der Waals surface area contributed by atoms with Crippen LogP contribution in [0.1, 0.15) is 72.1 Å². The lowest BCUT2D eigenvalue weighted by molar-refractivity contribution is -0.137. The zero-order valence-electron chi connectivity index (χ0n) is 16.9. The van der Waals surface area contributed by atoms with Crippen LogP contribution in [0, 0.1) is 17.3 Å². The van der Waals surface area contributed by atoms with Gasteiger partial charge in [0.1, 0.15) is 5.78 Å². The first-order valence-corrected chi connectivity index (χ1v) is 10.1. The summed E-state index contributed by atoms with van der Waals surface area (Å²) in [6.45, 7) is 6.19. The average molecular weight is 381 g/mol. The lowest BCUT2D eigenvalue weighted by atomic mass is 9.80. The number of carboxylic acids is 1. The normalized spacial score (nSPS) is 24.9. The van der Waals surface area contributed by atoms with Crippen LogP contribution in [0.3, 0.4) is 0 Å². The molecule has 1 rings (SSSR count). The lowest BCUT2D eigenvalue weighted by Gasteiger charge is -2.29. The third kappa shape index (κ3) is 7.97. The van der Waals surface area contributed by atoms with E-state index >= 15 is 0 Å². The number of allylic oxidation sites excluding steroid dienone is 2. The van der Waals surface area contributed by atoms with E-state index in [4.69, 9.17) is 5.11 Å². The Labute approximate surface area is 163 Å². The Morgan fingerprint density at radius 1 is 1.30 bits per heavy atom. The fourth-order valence-electron chi connectivity index (χ4n) is 3.53. The third-order valence-corrected chi connectivity index (χ3v) is 5.54. The summed E-state index contributed by atoms with van der Waals surface area (Å²) in [6.07, 6.45) is 11.2. The molecular weight excluding hydrogens is 344 g/mol. The second kappa shape index (κ2) is 11.4. The van der Waals surface area contributed by atoms with Crippen molar-refractivity contribution in [2.75, 3.05) is 0 Å². The molecule has 0 heterocycles. The highest BCUT2D eigenvalue weighted by atomic mass is 16.4. The van der Waals surface area contributed by atoms with Crippen LogP contribution < -0.4 is 0 Å². The minimum Gasteiger partial charge on any atom is -0.481 e. The lowest BCUT2D eigenvalue weighted by Crippen LogP contribution is -2.28. The van der Waals surface area contributed by atoms with Crippen LogP contribution in [-0.2, 0) is 9.59 Å². The molecule has 3 N–H and O–H groups in total. The van der Waals surface area contributed by atoms with Gasteiger partial charge < -0.3 is 15.3 Å². The Kier molecular flexibility index (Phi) is 9.95. The van der Waals surface area contributed by atoms with Gasteiger partial charge in [0.05, 0.1) is 12.2 Å². The maximum Gasteiger partial charge on any atom is 0.303 e. The molecule has 5 nitrogen and oxygen atoms in total. The minimum absolute atomic E-state index is 0.0482. The second-order valence-corrected chi connectivity index (χ2v) is 8.34. The zero-order valence-corrected chi connectivity index (χ0v) is 16.9. The summed E-state index contributed by atoms with van der Waals surface area (Å²) in [4.78, 5) is 22.7. The molecule has 0 bridgehead atoms. The van der Waals surface area contributed by atoms with E-state index in [-0.39, 0.29) is 35.9 Å². The largest absolute Gasteiger partial charge is 0.481 e. The van der Waals surface area contributed by atoms with Crippen molar-refractivity contribution in [2.45, 2.75) is 84.3 Å². The summed E-state index contributed by atoms with van der Waals surface area (Å²) < 4.78 is 0. The fraction of sp³-hybridized carbons (Fsp3) is 0.727. The summed E-state index contributed by atoms with van der Waals surface area (Å²) in [5, 5.41) is 29.4. The molecule has 0 amide bonds. The standard InChI is InChI=1S/C22H36O5/c1-4-5-14-22(2,3)20(25)13-12-17-16(18(23)15-19(17)24)10-8-6-7-9-11-21(26)27/h6,8,12-13,16-17,19-20,24-25H,4-5,7,9-11,14-15H2,1-3H3,(H,26,27)/b8-6-,13-12+/t16?,17-,19?,20?/m1/s1. The Balaban J connectivity index is 2.63. The first-order chi connectivity index (χ1) is 12.7. The van der Waals surface area contributed by atoms with Crippen LogP contribution in [-0.4, -0.2) is 39.3 Å². The highest BCUT2D eigenvalue weighted by molar-refractivity contribution is 5.84. The highest BCUT2D eigenvalue weighted by Gasteiger charge is 2.39. The van der Waals surface area contributed by atoms with Crippen LogP contribution in [0.4, 0.5) is 0 Å². The number of unbranched alkanes of at least 4 members (excludes halogenated alkanes) is 2. The second-order valence-electron chi connectivity index (χ2n) is 8.34. The number of ketones is 1. The minimum atomic E-state index is -0.803. The first kappa shape index (κ1) is 23.6. The topological polar surface area (TPSA) is 94.8 Å². The number of hydrogen-bond donors (Lipinski definition) is 3. The van der Waals surface area contributed by atoms with Crippen molar-refractivity contribution in [3.8, 4) is 0 Å². The van der Waals surface area contributed by atoms with E-state index in [2.05, 4.69) is 6.92 Å². The molecule has 154 valence electrons. The summed E-state index contributed by atoms with van der Waals surface area (Å²) in [5.74, 6) is -1.31. The van der Waals surface area contributed by atoms with E-state index in [1.807, 2.05) is 32.1 Å². The molecule has 1 aliphatic rings.